The van der Waals surface area contributed by atoms with Gasteiger partial charge in [0.1, 0.15) is 28.8 Å². The highest BCUT2D eigenvalue weighted by atomic mass is 19.4. The van der Waals surface area contributed by atoms with E-state index in [9.17, 15) is 31.1 Å². The van der Waals surface area contributed by atoms with Crippen molar-refractivity contribution in [1.82, 2.24) is 14.5 Å². The van der Waals surface area contributed by atoms with Gasteiger partial charge in [0.2, 0.25) is 5.88 Å². The molecule has 176 valence electrons. The molecule has 0 unspecified atom stereocenters. The Morgan fingerprint density at radius 1 is 1.00 bits per heavy atom. The summed E-state index contributed by atoms with van der Waals surface area (Å²) in [5, 5.41) is -0.0879. The van der Waals surface area contributed by atoms with Gasteiger partial charge < -0.3 is 15.0 Å². The van der Waals surface area contributed by atoms with Gasteiger partial charge in [0.15, 0.2) is 0 Å². The Labute approximate surface area is 187 Å². The van der Waals surface area contributed by atoms with E-state index in [0.29, 0.717) is 12.1 Å². The van der Waals surface area contributed by atoms with Crippen molar-refractivity contribution in [2.45, 2.75) is 19.3 Å². The Bertz CT molecular complexity index is 1430. The van der Waals surface area contributed by atoms with Gasteiger partial charge in [0.05, 0.1) is 23.8 Å². The number of benzene rings is 2. The number of hydrogen-bond acceptors (Lipinski definition) is 5. The maximum atomic E-state index is 14.1. The molecule has 34 heavy (non-hydrogen) atoms. The molecule has 4 aromatic rings. The van der Waals surface area contributed by atoms with Gasteiger partial charge in [-0.05, 0) is 29.8 Å². The second-order valence-corrected chi connectivity index (χ2v) is 7.20. The summed E-state index contributed by atoms with van der Waals surface area (Å²) in [4.78, 5) is 19.6. The second-order valence-electron chi connectivity index (χ2n) is 7.20. The maximum absolute atomic E-state index is 14.1. The van der Waals surface area contributed by atoms with Crippen molar-refractivity contribution in [3.63, 3.8) is 0 Å². The van der Waals surface area contributed by atoms with Crippen molar-refractivity contribution < 1.29 is 31.1 Å². The minimum Gasteiger partial charge on any atom is -0.438 e. The third-order valence-corrected chi connectivity index (χ3v) is 4.92. The highest BCUT2D eigenvalue weighted by molar-refractivity contribution is 5.79. The van der Waals surface area contributed by atoms with Crippen molar-refractivity contribution in [3.05, 3.63) is 93.4 Å². The largest absolute Gasteiger partial charge is 0.438 e. The summed E-state index contributed by atoms with van der Waals surface area (Å²) in [6, 6.07) is 5.55. The topological polar surface area (TPSA) is 83.0 Å². The Hall–Kier alpha value is -3.93. The van der Waals surface area contributed by atoms with Gasteiger partial charge >= 0.3 is 6.18 Å². The SMILES string of the molecule is NCc1cnc(Oc2ccc3c(c2)c(=O)ncn3Cc2c(F)cc(F)cc2F)c(C(F)(F)F)c1. The molecule has 0 saturated carbocycles. The molecule has 12 heteroatoms. The number of hydrogen-bond donors (Lipinski definition) is 1. The van der Waals surface area contributed by atoms with Gasteiger partial charge in [0.25, 0.3) is 5.56 Å². The average molecular weight is 480 g/mol. The maximum Gasteiger partial charge on any atom is 0.421 e. The fraction of sp³-hybridized carbons (Fsp3) is 0.136. The van der Waals surface area contributed by atoms with E-state index in [-0.39, 0.29) is 28.8 Å². The van der Waals surface area contributed by atoms with Crippen LogP contribution in [0.4, 0.5) is 26.3 Å². The van der Waals surface area contributed by atoms with Crippen LogP contribution < -0.4 is 16.0 Å². The van der Waals surface area contributed by atoms with Crippen molar-refractivity contribution in [3.8, 4) is 11.6 Å². The van der Waals surface area contributed by atoms with E-state index in [2.05, 4.69) is 9.97 Å². The van der Waals surface area contributed by atoms with Crippen molar-refractivity contribution in [1.29, 1.82) is 0 Å². The summed E-state index contributed by atoms with van der Waals surface area (Å²) < 4.78 is 88.1. The van der Waals surface area contributed by atoms with Crippen LogP contribution in [-0.2, 0) is 19.3 Å². The van der Waals surface area contributed by atoms with E-state index in [4.69, 9.17) is 10.5 Å². The van der Waals surface area contributed by atoms with Crippen LogP contribution in [0.1, 0.15) is 16.7 Å². The van der Waals surface area contributed by atoms with Crippen LogP contribution in [0.3, 0.4) is 0 Å². The average Bonchev–Trinajstić information content (AvgIpc) is 2.77. The van der Waals surface area contributed by atoms with Crippen LogP contribution in [-0.4, -0.2) is 14.5 Å². The predicted octanol–water partition coefficient (Wildman–Crippen LogP) is 4.53. The second kappa shape index (κ2) is 8.78. The number of alkyl halides is 3. The molecule has 0 bridgehead atoms. The van der Waals surface area contributed by atoms with Crippen LogP contribution in [0.5, 0.6) is 11.6 Å². The fourth-order valence-corrected chi connectivity index (χ4v) is 3.28. The number of halogens is 6. The van der Waals surface area contributed by atoms with Gasteiger partial charge in [-0.2, -0.15) is 18.2 Å². The van der Waals surface area contributed by atoms with Crippen LogP contribution in [0.15, 0.2) is 53.7 Å². The lowest BCUT2D eigenvalue weighted by atomic mass is 10.1. The minimum atomic E-state index is -4.78. The monoisotopic (exact) mass is 480 g/mol. The minimum absolute atomic E-state index is 0.0879. The van der Waals surface area contributed by atoms with Gasteiger partial charge in [0, 0.05) is 30.4 Å². The zero-order valence-electron chi connectivity index (χ0n) is 17.0. The molecule has 0 fully saturated rings. The molecular formula is C22H14F6N4O2. The van der Waals surface area contributed by atoms with Gasteiger partial charge in [-0.1, -0.05) is 0 Å². The van der Waals surface area contributed by atoms with Crippen molar-refractivity contribution in [2.24, 2.45) is 5.73 Å². The van der Waals surface area contributed by atoms with E-state index >= 15 is 0 Å². The first-order chi connectivity index (χ1) is 16.1. The molecule has 4 rings (SSSR count). The van der Waals surface area contributed by atoms with E-state index in [1.807, 2.05) is 0 Å². The summed E-state index contributed by atoms with van der Waals surface area (Å²) in [5.74, 6) is -4.24. The summed E-state index contributed by atoms with van der Waals surface area (Å²) in [6.45, 7) is -0.588. The number of ether oxygens (including phenoxy) is 1. The van der Waals surface area contributed by atoms with Crippen LogP contribution in [0, 0.1) is 17.5 Å². The molecule has 2 heterocycles. The number of fused-ring (bicyclic) bond motifs is 1. The van der Waals surface area contributed by atoms with Crippen LogP contribution in [0.25, 0.3) is 10.9 Å². The molecule has 2 aromatic carbocycles. The number of pyridine rings is 1. The molecule has 6 nitrogen and oxygen atoms in total. The third-order valence-electron chi connectivity index (χ3n) is 4.92. The van der Waals surface area contributed by atoms with Crippen molar-refractivity contribution in [2.75, 3.05) is 0 Å². The van der Waals surface area contributed by atoms with E-state index < -0.39 is 52.7 Å². The molecule has 0 aliphatic carbocycles. The number of rotatable bonds is 5. The predicted molar refractivity (Wildman–Crippen MR) is 109 cm³/mol. The quantitative estimate of drug-likeness (QED) is 0.425. The summed E-state index contributed by atoms with van der Waals surface area (Å²) in [6.07, 6.45) is -2.60. The molecule has 0 radical (unpaired) electrons. The third kappa shape index (κ3) is 4.57. The summed E-state index contributed by atoms with van der Waals surface area (Å²) in [5.41, 5.74) is 3.32. The molecule has 0 atom stereocenters. The lowest BCUT2D eigenvalue weighted by Crippen LogP contribution is -2.14. The number of aromatic nitrogens is 3. The number of nitrogens with zero attached hydrogens (tertiary/aromatic N) is 3. The van der Waals surface area contributed by atoms with E-state index in [1.165, 1.54) is 16.7 Å². The molecule has 0 aliphatic rings. The fourth-order valence-electron chi connectivity index (χ4n) is 3.28. The van der Waals surface area contributed by atoms with E-state index in [1.54, 1.807) is 0 Å². The Kier molecular flexibility index (Phi) is 6.00. The summed E-state index contributed by atoms with van der Waals surface area (Å²) in [7, 11) is 0. The lowest BCUT2D eigenvalue weighted by molar-refractivity contribution is -0.138. The van der Waals surface area contributed by atoms with Gasteiger partial charge in [-0.25, -0.2) is 18.2 Å². The lowest BCUT2D eigenvalue weighted by Gasteiger charge is -2.15. The highest BCUT2D eigenvalue weighted by Crippen LogP contribution is 2.37. The first-order valence-corrected chi connectivity index (χ1v) is 9.63. The summed E-state index contributed by atoms with van der Waals surface area (Å²) >= 11 is 0. The Morgan fingerprint density at radius 2 is 1.71 bits per heavy atom. The Morgan fingerprint density at radius 3 is 2.35 bits per heavy atom. The standard InChI is InChI=1S/C22H14F6N4O2/c23-12-4-17(24)15(18(25)5-12)9-32-10-31-20(33)14-6-13(1-2-19(14)32)34-21-16(22(26,27)28)3-11(7-29)8-30-21/h1-6,8,10H,7,9,29H2. The Balaban J connectivity index is 1.74. The molecule has 2 aromatic heterocycles. The van der Waals surface area contributed by atoms with Crippen LogP contribution >= 0.6 is 0 Å². The zero-order valence-corrected chi connectivity index (χ0v) is 17.0. The molecule has 2 N–H and O–H groups in total. The van der Waals surface area contributed by atoms with Crippen LogP contribution in [0.2, 0.25) is 0 Å². The van der Waals surface area contributed by atoms with Gasteiger partial charge in [-0.15, -0.1) is 0 Å². The number of nitrogens with two attached hydrogens (primary N) is 1. The first-order valence-electron chi connectivity index (χ1n) is 9.63. The van der Waals surface area contributed by atoms with E-state index in [0.717, 1.165) is 24.7 Å². The highest BCUT2D eigenvalue weighted by Gasteiger charge is 2.36. The normalized spacial score (nSPS) is 11.7. The first kappa shape index (κ1) is 23.2. The zero-order chi connectivity index (χ0) is 24.6. The van der Waals surface area contributed by atoms with Crippen molar-refractivity contribution >= 4 is 10.9 Å². The van der Waals surface area contributed by atoms with Gasteiger partial charge in [-0.3, -0.25) is 4.79 Å². The molecule has 0 amide bonds. The molecule has 0 aliphatic heterocycles. The molecule has 0 spiro atoms. The molecular weight excluding hydrogens is 466 g/mol. The molecule has 0 saturated heterocycles. The smallest absolute Gasteiger partial charge is 0.421 e.